The predicted molar refractivity (Wildman–Crippen MR) is 98.7 cm³/mol. The van der Waals surface area contributed by atoms with Gasteiger partial charge in [-0.1, -0.05) is 42.5 Å². The van der Waals surface area contributed by atoms with E-state index in [0.717, 1.165) is 35.7 Å². The molecule has 0 saturated heterocycles. The topological polar surface area (TPSA) is 43.4 Å². The third-order valence-electron chi connectivity index (χ3n) is 3.69. The van der Waals surface area contributed by atoms with Crippen molar-refractivity contribution in [3.63, 3.8) is 0 Å². The van der Waals surface area contributed by atoms with Crippen LogP contribution in [0.2, 0.25) is 0 Å². The van der Waals surface area contributed by atoms with E-state index in [2.05, 4.69) is 22.4 Å². The van der Waals surface area contributed by atoms with Crippen LogP contribution >= 0.6 is 0 Å². The summed E-state index contributed by atoms with van der Waals surface area (Å²) in [6.07, 6.45) is 3.65. The van der Waals surface area contributed by atoms with Crippen LogP contribution in [0.15, 0.2) is 79.1 Å². The molecule has 0 amide bonds. The van der Waals surface area contributed by atoms with Gasteiger partial charge in [0.15, 0.2) is 0 Å². The average molecular weight is 334 g/mol. The molecular weight excluding hydrogens is 312 g/mol. The molecule has 3 aromatic rings. The molecule has 0 bridgehead atoms. The summed E-state index contributed by atoms with van der Waals surface area (Å²) in [5.74, 6) is 1.75. The molecule has 0 fully saturated rings. The molecule has 3 rings (SSSR count). The number of benzene rings is 2. The van der Waals surface area contributed by atoms with Crippen LogP contribution in [0.3, 0.4) is 0 Å². The van der Waals surface area contributed by atoms with E-state index in [9.17, 15) is 0 Å². The van der Waals surface area contributed by atoms with Crippen LogP contribution in [0.4, 0.5) is 0 Å². The highest BCUT2D eigenvalue weighted by atomic mass is 16.5. The Bertz CT molecular complexity index is 748. The Labute approximate surface area is 148 Å². The lowest BCUT2D eigenvalue weighted by Gasteiger charge is -2.13. The van der Waals surface area contributed by atoms with Crippen LogP contribution in [0.5, 0.6) is 11.5 Å². The normalized spacial score (nSPS) is 10.4. The first-order valence-electron chi connectivity index (χ1n) is 8.40. The van der Waals surface area contributed by atoms with E-state index >= 15 is 0 Å². The van der Waals surface area contributed by atoms with Crippen molar-refractivity contribution in [1.29, 1.82) is 0 Å². The SMILES string of the molecule is c1ccc(OCCOc2ccccc2CNCc2cccnc2)cc1. The minimum absolute atomic E-state index is 0.508. The van der Waals surface area contributed by atoms with Gasteiger partial charge in [0.05, 0.1) is 0 Å². The number of ether oxygens (including phenoxy) is 2. The van der Waals surface area contributed by atoms with Gasteiger partial charge in [-0.25, -0.2) is 0 Å². The van der Waals surface area contributed by atoms with E-state index in [1.807, 2.05) is 60.8 Å². The Kier molecular flexibility index (Phi) is 6.42. The molecule has 4 nitrogen and oxygen atoms in total. The Morgan fingerprint density at radius 1 is 0.760 bits per heavy atom. The zero-order valence-corrected chi connectivity index (χ0v) is 14.1. The van der Waals surface area contributed by atoms with E-state index in [4.69, 9.17) is 9.47 Å². The maximum atomic E-state index is 5.88. The van der Waals surface area contributed by atoms with Crippen molar-refractivity contribution in [2.75, 3.05) is 13.2 Å². The zero-order valence-electron chi connectivity index (χ0n) is 14.1. The number of hydrogen-bond acceptors (Lipinski definition) is 4. The van der Waals surface area contributed by atoms with Gasteiger partial charge in [-0.05, 0) is 29.8 Å². The molecule has 0 aliphatic rings. The van der Waals surface area contributed by atoms with Gasteiger partial charge in [0.25, 0.3) is 0 Å². The highest BCUT2D eigenvalue weighted by Gasteiger charge is 2.03. The van der Waals surface area contributed by atoms with Crippen molar-refractivity contribution in [2.45, 2.75) is 13.1 Å². The fraction of sp³-hybridized carbons (Fsp3) is 0.190. The summed E-state index contributed by atoms with van der Waals surface area (Å²) in [5, 5.41) is 3.42. The summed E-state index contributed by atoms with van der Waals surface area (Å²) in [7, 11) is 0. The maximum Gasteiger partial charge on any atom is 0.123 e. The first-order chi connectivity index (χ1) is 12.4. The van der Waals surface area contributed by atoms with Crippen LogP contribution in [0.25, 0.3) is 0 Å². The summed E-state index contributed by atoms with van der Waals surface area (Å²) < 4.78 is 11.5. The van der Waals surface area contributed by atoms with E-state index in [-0.39, 0.29) is 0 Å². The molecule has 1 N–H and O–H groups in total. The number of para-hydroxylation sites is 2. The third-order valence-corrected chi connectivity index (χ3v) is 3.69. The second-order valence-electron chi connectivity index (χ2n) is 5.58. The molecule has 0 unspecified atom stereocenters. The third kappa shape index (κ3) is 5.62. The molecule has 0 spiro atoms. The Morgan fingerprint density at radius 2 is 1.56 bits per heavy atom. The van der Waals surface area contributed by atoms with Crippen molar-refractivity contribution in [3.8, 4) is 11.5 Å². The number of pyridine rings is 1. The lowest BCUT2D eigenvalue weighted by Crippen LogP contribution is -2.15. The van der Waals surface area contributed by atoms with Crippen molar-refractivity contribution in [1.82, 2.24) is 10.3 Å². The summed E-state index contributed by atoms with van der Waals surface area (Å²) >= 11 is 0. The molecule has 25 heavy (non-hydrogen) atoms. The Hall–Kier alpha value is -2.85. The van der Waals surface area contributed by atoms with Gasteiger partial charge in [0, 0.05) is 31.0 Å². The van der Waals surface area contributed by atoms with Crippen LogP contribution in [-0.4, -0.2) is 18.2 Å². The van der Waals surface area contributed by atoms with E-state index in [0.29, 0.717) is 13.2 Å². The van der Waals surface area contributed by atoms with Gasteiger partial charge in [0.1, 0.15) is 24.7 Å². The van der Waals surface area contributed by atoms with Gasteiger partial charge >= 0.3 is 0 Å². The molecule has 0 aliphatic heterocycles. The standard InChI is InChI=1S/C21H22N2O2/c1-2-9-20(10-3-1)24-13-14-25-21-11-5-4-8-19(21)17-23-16-18-7-6-12-22-15-18/h1-12,15,23H,13-14,16-17H2. The van der Waals surface area contributed by atoms with E-state index < -0.39 is 0 Å². The van der Waals surface area contributed by atoms with Crippen molar-refractivity contribution >= 4 is 0 Å². The fourth-order valence-corrected chi connectivity index (χ4v) is 2.46. The molecule has 1 aromatic heterocycles. The first kappa shape index (κ1) is 17.0. The summed E-state index contributed by atoms with van der Waals surface area (Å²) in [4.78, 5) is 4.12. The van der Waals surface area contributed by atoms with Gasteiger partial charge in [-0.3, -0.25) is 4.98 Å². The molecule has 1 heterocycles. The van der Waals surface area contributed by atoms with Gasteiger partial charge in [-0.15, -0.1) is 0 Å². The van der Waals surface area contributed by atoms with Crippen LogP contribution in [0.1, 0.15) is 11.1 Å². The zero-order chi connectivity index (χ0) is 17.2. The molecular formula is C21H22N2O2. The summed E-state index contributed by atoms with van der Waals surface area (Å²) in [6.45, 7) is 2.54. The number of nitrogens with one attached hydrogen (secondary N) is 1. The second-order valence-corrected chi connectivity index (χ2v) is 5.58. The molecule has 0 atom stereocenters. The van der Waals surface area contributed by atoms with Gasteiger partial charge in [-0.2, -0.15) is 0 Å². The second kappa shape index (κ2) is 9.45. The first-order valence-corrected chi connectivity index (χ1v) is 8.40. The number of aromatic nitrogens is 1. The van der Waals surface area contributed by atoms with Crippen LogP contribution in [0, 0.1) is 0 Å². The molecule has 0 aliphatic carbocycles. The predicted octanol–water partition coefficient (Wildman–Crippen LogP) is 3.83. The summed E-state index contributed by atoms with van der Waals surface area (Å²) in [5.41, 5.74) is 2.29. The number of nitrogens with zero attached hydrogens (tertiary/aromatic N) is 1. The van der Waals surface area contributed by atoms with Crippen molar-refractivity contribution in [3.05, 3.63) is 90.3 Å². The fourth-order valence-electron chi connectivity index (χ4n) is 2.46. The monoisotopic (exact) mass is 334 g/mol. The highest BCUT2D eigenvalue weighted by molar-refractivity contribution is 5.33. The molecule has 128 valence electrons. The quantitative estimate of drug-likeness (QED) is 0.604. The maximum absolute atomic E-state index is 5.88. The van der Waals surface area contributed by atoms with Crippen molar-refractivity contribution in [2.24, 2.45) is 0 Å². The van der Waals surface area contributed by atoms with Gasteiger partial charge in [0.2, 0.25) is 0 Å². The van der Waals surface area contributed by atoms with Gasteiger partial charge < -0.3 is 14.8 Å². The minimum atomic E-state index is 0.508. The summed E-state index contributed by atoms with van der Waals surface area (Å²) in [6, 6.07) is 21.8. The Balaban J connectivity index is 1.45. The lowest BCUT2D eigenvalue weighted by atomic mass is 10.2. The smallest absolute Gasteiger partial charge is 0.123 e. The number of hydrogen-bond donors (Lipinski definition) is 1. The Morgan fingerprint density at radius 3 is 2.40 bits per heavy atom. The van der Waals surface area contributed by atoms with Crippen LogP contribution < -0.4 is 14.8 Å². The average Bonchev–Trinajstić information content (AvgIpc) is 2.68. The molecule has 4 heteroatoms. The lowest BCUT2D eigenvalue weighted by molar-refractivity contribution is 0.215. The van der Waals surface area contributed by atoms with Crippen LogP contribution in [-0.2, 0) is 13.1 Å². The van der Waals surface area contributed by atoms with E-state index in [1.165, 1.54) is 0 Å². The van der Waals surface area contributed by atoms with Crippen molar-refractivity contribution < 1.29 is 9.47 Å². The number of rotatable bonds is 9. The largest absolute Gasteiger partial charge is 0.490 e. The molecule has 0 saturated carbocycles. The molecule has 2 aromatic carbocycles. The minimum Gasteiger partial charge on any atom is -0.490 e. The van der Waals surface area contributed by atoms with E-state index in [1.54, 1.807) is 6.20 Å². The highest BCUT2D eigenvalue weighted by Crippen LogP contribution is 2.18. The molecule has 0 radical (unpaired) electrons.